The molecule has 2 nitrogen and oxygen atoms in total. The summed E-state index contributed by atoms with van der Waals surface area (Å²) in [6.07, 6.45) is 43.3. The van der Waals surface area contributed by atoms with Crippen molar-refractivity contribution >= 4 is 11.6 Å². The Labute approximate surface area is 251 Å². The summed E-state index contributed by atoms with van der Waals surface area (Å²) in [7, 11) is 0. The first kappa shape index (κ1) is 38.8. The van der Waals surface area contributed by atoms with Crippen molar-refractivity contribution in [1.29, 1.82) is 0 Å². The van der Waals surface area contributed by atoms with Gasteiger partial charge in [-0.05, 0) is 71.1 Å². The van der Waals surface area contributed by atoms with Crippen molar-refractivity contribution in [2.45, 2.75) is 201 Å². The van der Waals surface area contributed by atoms with E-state index >= 15 is 0 Å². The predicted octanol–water partition coefficient (Wildman–Crippen LogP) is 12.8. The van der Waals surface area contributed by atoms with Gasteiger partial charge in [-0.1, -0.05) is 141 Å². The van der Waals surface area contributed by atoms with Gasteiger partial charge in [0.1, 0.15) is 17.5 Å². The first-order valence-electron chi connectivity index (χ1n) is 17.8. The monoisotopic (exact) mass is 558 g/mol. The molecule has 1 radical (unpaired) electrons. The summed E-state index contributed by atoms with van der Waals surface area (Å²) < 4.78 is 0. The molecule has 0 unspecified atom stereocenters. The molecule has 0 heterocycles. The van der Waals surface area contributed by atoms with E-state index < -0.39 is 0 Å². The zero-order valence-corrected chi connectivity index (χ0v) is 27.4. The minimum Gasteiger partial charge on any atom is -0.299 e. The van der Waals surface area contributed by atoms with Crippen LogP contribution in [0.2, 0.25) is 0 Å². The number of ketones is 2. The molecular formula is C38H69O2. The molecule has 0 aromatic heterocycles. The van der Waals surface area contributed by atoms with Crippen LogP contribution in [0.25, 0.3) is 0 Å². The van der Waals surface area contributed by atoms with E-state index in [9.17, 15) is 9.59 Å². The van der Waals surface area contributed by atoms with Crippen LogP contribution in [0.15, 0.2) is 24.3 Å². The molecule has 0 N–H and O–H groups in total. The highest BCUT2D eigenvalue weighted by Crippen LogP contribution is 2.16. The molecule has 0 atom stereocenters. The third kappa shape index (κ3) is 28.4. The third-order valence-corrected chi connectivity index (χ3v) is 8.17. The molecular weight excluding hydrogens is 488 g/mol. The summed E-state index contributed by atoms with van der Waals surface area (Å²) in [5.74, 6) is 0.650. The van der Waals surface area contributed by atoms with Gasteiger partial charge in [0, 0.05) is 12.8 Å². The topological polar surface area (TPSA) is 34.1 Å². The summed E-state index contributed by atoms with van der Waals surface area (Å²) in [5, 5.41) is 0. The fraction of sp³-hybridized carbons (Fsp3) is 0.816. The first-order valence-corrected chi connectivity index (χ1v) is 17.8. The standard InChI is InChI=1S/C38H69O2/c1-4-6-8-10-12-14-16-18-20-22-24-26-28-30-32-34-37(39)36(3)38(40)35-33-31-29-27-25-23-21-19-17-15-13-11-9-7-5-2/h18-21H,4-17,22-35H2,1-3H3/b20-18-,21-19-. The molecule has 0 bridgehead atoms. The molecule has 0 saturated carbocycles. The average molecular weight is 558 g/mol. The second-order valence-corrected chi connectivity index (χ2v) is 12.1. The van der Waals surface area contributed by atoms with Gasteiger partial charge in [-0.15, -0.1) is 0 Å². The lowest BCUT2D eigenvalue weighted by Gasteiger charge is -2.09. The van der Waals surface area contributed by atoms with Crippen LogP contribution in [0.3, 0.4) is 0 Å². The lowest BCUT2D eigenvalue weighted by Crippen LogP contribution is -2.18. The summed E-state index contributed by atoms with van der Waals surface area (Å²) in [6.45, 7) is 6.29. The van der Waals surface area contributed by atoms with Crippen LogP contribution in [-0.4, -0.2) is 11.6 Å². The van der Waals surface area contributed by atoms with Crippen molar-refractivity contribution in [3.8, 4) is 0 Å². The number of carbonyl (C=O) groups is 2. The summed E-state index contributed by atoms with van der Waals surface area (Å²) in [6, 6.07) is 0. The quantitative estimate of drug-likeness (QED) is 0.0468. The number of hydrogen-bond donors (Lipinski definition) is 0. The Bertz CT molecular complexity index is 551. The molecule has 0 amide bonds. The predicted molar refractivity (Wildman–Crippen MR) is 178 cm³/mol. The van der Waals surface area contributed by atoms with Crippen LogP contribution in [0, 0.1) is 5.92 Å². The summed E-state index contributed by atoms with van der Waals surface area (Å²) in [5.41, 5.74) is 0. The maximum atomic E-state index is 12.4. The molecule has 0 fully saturated rings. The number of allylic oxidation sites excluding steroid dienone is 4. The van der Waals surface area contributed by atoms with E-state index in [2.05, 4.69) is 38.2 Å². The maximum absolute atomic E-state index is 12.4. The Morgan fingerprint density at radius 2 is 0.625 bits per heavy atom. The smallest absolute Gasteiger partial charge is 0.147 e. The van der Waals surface area contributed by atoms with Gasteiger partial charge in [-0.2, -0.15) is 0 Å². The molecule has 0 aliphatic rings. The molecule has 0 saturated heterocycles. The average Bonchev–Trinajstić information content (AvgIpc) is 2.96. The van der Waals surface area contributed by atoms with Gasteiger partial charge in [0.05, 0.1) is 0 Å². The van der Waals surface area contributed by atoms with Crippen LogP contribution in [0.1, 0.15) is 201 Å². The van der Waals surface area contributed by atoms with E-state index in [-0.39, 0.29) is 11.6 Å². The number of unbranched alkanes of at least 4 members (excludes halogenated alkanes) is 22. The molecule has 0 aromatic rings. The first-order chi connectivity index (χ1) is 19.6. The third-order valence-electron chi connectivity index (χ3n) is 8.17. The second kappa shape index (κ2) is 32.3. The van der Waals surface area contributed by atoms with Crippen LogP contribution >= 0.6 is 0 Å². The fourth-order valence-corrected chi connectivity index (χ4v) is 5.24. The minimum absolute atomic E-state index is 0.0791. The molecule has 40 heavy (non-hydrogen) atoms. The Morgan fingerprint density at radius 1 is 0.375 bits per heavy atom. The van der Waals surface area contributed by atoms with E-state index in [4.69, 9.17) is 0 Å². The van der Waals surface area contributed by atoms with Crippen molar-refractivity contribution in [3.05, 3.63) is 30.2 Å². The van der Waals surface area contributed by atoms with E-state index in [0.29, 0.717) is 18.8 Å². The van der Waals surface area contributed by atoms with E-state index in [1.807, 2.05) is 0 Å². The van der Waals surface area contributed by atoms with E-state index in [1.54, 1.807) is 6.92 Å². The van der Waals surface area contributed by atoms with Crippen molar-refractivity contribution in [2.75, 3.05) is 0 Å². The molecule has 0 aromatic carbocycles. The van der Waals surface area contributed by atoms with Crippen molar-refractivity contribution in [2.24, 2.45) is 0 Å². The summed E-state index contributed by atoms with van der Waals surface area (Å²) in [4.78, 5) is 24.8. The molecule has 0 aliphatic carbocycles. The van der Waals surface area contributed by atoms with Crippen molar-refractivity contribution in [3.63, 3.8) is 0 Å². The van der Waals surface area contributed by atoms with Crippen LogP contribution < -0.4 is 0 Å². The zero-order valence-electron chi connectivity index (χ0n) is 27.4. The number of rotatable bonds is 32. The highest BCUT2D eigenvalue weighted by atomic mass is 16.1. The number of carbonyl (C=O) groups excluding carboxylic acids is 2. The highest BCUT2D eigenvalue weighted by Gasteiger charge is 2.21. The van der Waals surface area contributed by atoms with Gasteiger partial charge in [0.2, 0.25) is 0 Å². The highest BCUT2D eigenvalue weighted by molar-refractivity contribution is 6.15. The van der Waals surface area contributed by atoms with Crippen LogP contribution in [0.5, 0.6) is 0 Å². The van der Waals surface area contributed by atoms with Crippen molar-refractivity contribution in [1.82, 2.24) is 0 Å². The second-order valence-electron chi connectivity index (χ2n) is 12.1. The van der Waals surface area contributed by atoms with Gasteiger partial charge in [0.15, 0.2) is 0 Å². The molecule has 2 heteroatoms. The molecule has 0 rings (SSSR count). The van der Waals surface area contributed by atoms with Gasteiger partial charge < -0.3 is 0 Å². The van der Waals surface area contributed by atoms with Crippen molar-refractivity contribution < 1.29 is 9.59 Å². The maximum Gasteiger partial charge on any atom is 0.147 e. The normalized spacial score (nSPS) is 11.9. The molecule has 0 spiro atoms. The van der Waals surface area contributed by atoms with Gasteiger partial charge in [0.25, 0.3) is 0 Å². The van der Waals surface area contributed by atoms with Gasteiger partial charge in [-0.25, -0.2) is 0 Å². The minimum atomic E-state index is 0.0791. The SMILES string of the molecule is CCCCCCCC/C=C\CCCCCCCC(=O)[C](C)C(=O)CCCCCCC/C=C\CCCCCCCC. The Morgan fingerprint density at radius 3 is 0.925 bits per heavy atom. The van der Waals surface area contributed by atoms with Gasteiger partial charge in [-0.3, -0.25) is 9.59 Å². The lowest BCUT2D eigenvalue weighted by atomic mass is 9.93. The van der Waals surface area contributed by atoms with E-state index in [0.717, 1.165) is 25.7 Å². The Kier molecular flexibility index (Phi) is 31.4. The van der Waals surface area contributed by atoms with E-state index in [1.165, 1.54) is 141 Å². The Balaban J connectivity index is 3.51. The number of hydrogen-bond acceptors (Lipinski definition) is 2. The molecule has 233 valence electrons. The molecule has 0 aliphatic heterocycles. The lowest BCUT2D eigenvalue weighted by molar-refractivity contribution is -0.124. The fourth-order valence-electron chi connectivity index (χ4n) is 5.24. The summed E-state index contributed by atoms with van der Waals surface area (Å²) >= 11 is 0. The zero-order chi connectivity index (χ0) is 29.4. The van der Waals surface area contributed by atoms with Crippen LogP contribution in [0.4, 0.5) is 0 Å². The largest absolute Gasteiger partial charge is 0.299 e. The number of Topliss-reactive ketones (excluding diaryl/α,β-unsaturated/α-hetero) is 2. The van der Waals surface area contributed by atoms with Gasteiger partial charge >= 0.3 is 0 Å². The Hall–Kier alpha value is -1.18. The van der Waals surface area contributed by atoms with Crippen LogP contribution in [-0.2, 0) is 9.59 Å².